The predicted octanol–water partition coefficient (Wildman–Crippen LogP) is 6.43. The number of carbonyl (C=O) groups excluding carboxylic acids is 1. The Hall–Kier alpha value is -3.52. The summed E-state index contributed by atoms with van der Waals surface area (Å²) in [6.07, 6.45) is -6.42. The molecular formula is C27H27F6N3O2. The molecule has 0 bridgehead atoms. The summed E-state index contributed by atoms with van der Waals surface area (Å²) in [4.78, 5) is 14.3. The Morgan fingerprint density at radius 1 is 1.13 bits per heavy atom. The van der Waals surface area contributed by atoms with Crippen molar-refractivity contribution >= 4 is 22.9 Å². The molecule has 2 aliphatic rings. The zero-order chi connectivity index (χ0) is 28.1. The van der Waals surface area contributed by atoms with Crippen LogP contribution in [0.5, 0.6) is 0 Å². The third kappa shape index (κ3) is 6.67. The number of para-hydroxylation sites is 1. The first kappa shape index (κ1) is 29.0. The van der Waals surface area contributed by atoms with Crippen molar-refractivity contribution in [1.82, 2.24) is 9.47 Å². The van der Waals surface area contributed by atoms with Gasteiger partial charge in [-0.05, 0) is 30.2 Å². The summed E-state index contributed by atoms with van der Waals surface area (Å²) in [6, 6.07) is 8.68. The van der Waals surface area contributed by atoms with Crippen molar-refractivity contribution in [3.05, 3.63) is 64.9 Å². The van der Waals surface area contributed by atoms with Crippen molar-refractivity contribution in [2.75, 3.05) is 26.3 Å². The third-order valence-electron chi connectivity index (χ3n) is 6.11. The fraction of sp³-hybridized carbons (Fsp3) is 0.407. The zero-order valence-corrected chi connectivity index (χ0v) is 20.9. The van der Waals surface area contributed by atoms with Crippen LogP contribution in [-0.2, 0) is 16.1 Å². The molecule has 2 heterocycles. The van der Waals surface area contributed by atoms with Crippen LogP contribution in [-0.4, -0.2) is 54.0 Å². The van der Waals surface area contributed by atoms with E-state index in [-0.39, 0.29) is 23.8 Å². The lowest BCUT2D eigenvalue weighted by molar-refractivity contribution is -0.162. The van der Waals surface area contributed by atoms with Crippen molar-refractivity contribution in [2.24, 2.45) is 5.92 Å². The number of amides is 1. The highest BCUT2D eigenvalue weighted by atomic mass is 19.4. The molecule has 2 aromatic rings. The number of nitrogens with zero attached hydrogens (tertiary/aromatic N) is 3. The molecular weight excluding hydrogens is 512 g/mol. The summed E-state index contributed by atoms with van der Waals surface area (Å²) in [5.74, 6) is -2.72. The van der Waals surface area contributed by atoms with E-state index in [1.54, 1.807) is 24.3 Å². The summed E-state index contributed by atoms with van der Waals surface area (Å²) in [6.45, 7) is 5.17. The maximum atomic E-state index is 13.4. The molecule has 4 rings (SSSR count). The quantitative estimate of drug-likeness (QED) is 0.256. The van der Waals surface area contributed by atoms with Gasteiger partial charge in [-0.3, -0.25) is 4.79 Å². The van der Waals surface area contributed by atoms with E-state index in [0.717, 1.165) is 6.08 Å². The van der Waals surface area contributed by atoms with E-state index < -0.39 is 36.2 Å². The molecule has 1 fully saturated rings. The number of morpholine rings is 1. The average Bonchev–Trinajstić information content (AvgIpc) is 3.24. The lowest BCUT2D eigenvalue weighted by Crippen LogP contribution is -2.41. The maximum Gasteiger partial charge on any atom is 0.416 e. The molecule has 0 N–H and O–H groups in total. The summed E-state index contributed by atoms with van der Waals surface area (Å²) in [5.41, 5.74) is -0.485. The van der Waals surface area contributed by atoms with Gasteiger partial charge in [0.15, 0.2) is 0 Å². The number of fused-ring (bicyclic) bond motifs is 1. The van der Waals surface area contributed by atoms with Crippen LogP contribution in [0.2, 0.25) is 0 Å². The Bertz CT molecular complexity index is 1290. The fourth-order valence-corrected chi connectivity index (χ4v) is 4.36. The molecule has 1 aromatic heterocycles. The van der Waals surface area contributed by atoms with Crippen LogP contribution >= 0.6 is 0 Å². The second-order valence-electron chi connectivity index (χ2n) is 8.58. The topological polar surface area (TPSA) is 58.3 Å². The molecule has 11 heteroatoms. The number of ether oxygens (including phenoxy) is 1. The van der Waals surface area contributed by atoms with Crippen LogP contribution in [0.1, 0.15) is 25.8 Å². The standard InChI is InChI=1S/C25H21F6N3O2.C2H6/c26-24(27,28)19-9-16(10-20(12-19)25(29,30)31)14-34-15-18(21-3-1-2-4-22(21)34)11-17(13-32)23(35)33-5-7-36-8-6-33;1-2/h1-4,9,11-12,15,20H,5-8,10,14H2;1-2H3/b17-11+;. The number of alkyl halides is 6. The van der Waals surface area contributed by atoms with E-state index >= 15 is 0 Å². The van der Waals surface area contributed by atoms with Gasteiger partial charge < -0.3 is 14.2 Å². The number of benzene rings is 1. The largest absolute Gasteiger partial charge is 0.416 e. The molecule has 0 spiro atoms. The Labute approximate surface area is 216 Å². The van der Waals surface area contributed by atoms with E-state index in [2.05, 4.69) is 0 Å². The van der Waals surface area contributed by atoms with Gasteiger partial charge in [0.05, 0.1) is 24.7 Å². The van der Waals surface area contributed by atoms with Crippen molar-refractivity contribution in [3.8, 4) is 6.07 Å². The minimum atomic E-state index is -4.91. The smallest absolute Gasteiger partial charge is 0.378 e. The molecule has 1 atom stereocenters. The Morgan fingerprint density at radius 2 is 1.79 bits per heavy atom. The van der Waals surface area contributed by atoms with Gasteiger partial charge in [0, 0.05) is 42.3 Å². The highest BCUT2D eigenvalue weighted by Gasteiger charge is 2.44. The van der Waals surface area contributed by atoms with E-state index in [1.807, 2.05) is 19.9 Å². The molecule has 1 unspecified atom stereocenters. The molecule has 1 aliphatic heterocycles. The van der Waals surface area contributed by atoms with E-state index in [9.17, 15) is 36.4 Å². The lowest BCUT2D eigenvalue weighted by atomic mass is 9.89. The van der Waals surface area contributed by atoms with Gasteiger partial charge in [0.2, 0.25) is 0 Å². The van der Waals surface area contributed by atoms with Gasteiger partial charge >= 0.3 is 12.4 Å². The average molecular weight is 540 g/mol. The summed E-state index contributed by atoms with van der Waals surface area (Å²) in [5, 5.41) is 10.2. The first-order valence-electron chi connectivity index (χ1n) is 12.1. The minimum absolute atomic E-state index is 0.0340. The molecule has 0 radical (unpaired) electrons. The zero-order valence-electron chi connectivity index (χ0n) is 20.9. The number of aromatic nitrogens is 1. The van der Waals surface area contributed by atoms with E-state index in [4.69, 9.17) is 4.74 Å². The maximum absolute atomic E-state index is 13.4. The van der Waals surface area contributed by atoms with Gasteiger partial charge in [0.1, 0.15) is 11.6 Å². The number of hydrogen-bond acceptors (Lipinski definition) is 3. The molecule has 1 aliphatic carbocycles. The number of carbonyl (C=O) groups is 1. The molecule has 1 saturated heterocycles. The first-order chi connectivity index (χ1) is 18.0. The number of halogens is 6. The Balaban J connectivity index is 0.00000195. The van der Waals surface area contributed by atoms with Crippen molar-refractivity contribution in [1.29, 1.82) is 5.26 Å². The molecule has 1 aromatic carbocycles. The van der Waals surface area contributed by atoms with Crippen LogP contribution in [0.3, 0.4) is 0 Å². The summed E-state index contributed by atoms with van der Waals surface area (Å²) in [7, 11) is 0. The number of rotatable bonds is 4. The molecule has 1 amide bonds. The van der Waals surface area contributed by atoms with E-state index in [1.165, 1.54) is 21.7 Å². The molecule has 38 heavy (non-hydrogen) atoms. The van der Waals surface area contributed by atoms with Gasteiger partial charge in [-0.2, -0.15) is 31.6 Å². The van der Waals surface area contributed by atoms with Crippen LogP contribution in [0.4, 0.5) is 26.3 Å². The second-order valence-corrected chi connectivity index (χ2v) is 8.58. The van der Waals surface area contributed by atoms with Crippen LogP contribution in [0, 0.1) is 17.2 Å². The van der Waals surface area contributed by atoms with Gasteiger partial charge in [-0.1, -0.05) is 38.1 Å². The van der Waals surface area contributed by atoms with Crippen molar-refractivity contribution in [3.63, 3.8) is 0 Å². The van der Waals surface area contributed by atoms with E-state index in [0.29, 0.717) is 42.8 Å². The predicted molar refractivity (Wildman–Crippen MR) is 131 cm³/mol. The number of hydrogen-bond donors (Lipinski definition) is 0. The van der Waals surface area contributed by atoms with Crippen molar-refractivity contribution < 1.29 is 35.9 Å². The highest BCUT2D eigenvalue weighted by molar-refractivity contribution is 6.04. The fourth-order valence-electron chi connectivity index (χ4n) is 4.36. The Kier molecular flexibility index (Phi) is 9.09. The first-order valence-corrected chi connectivity index (χ1v) is 12.1. The SMILES string of the molecule is CC.N#C/C(=C\c1cn(CC2=CC(C(F)(F)F)=CC(C(F)(F)F)C2)c2ccccc12)C(=O)N1CCOCC1. The number of nitriles is 1. The molecule has 204 valence electrons. The highest BCUT2D eigenvalue weighted by Crippen LogP contribution is 2.41. The van der Waals surface area contributed by atoms with Gasteiger partial charge in [-0.15, -0.1) is 0 Å². The monoisotopic (exact) mass is 539 g/mol. The third-order valence-corrected chi connectivity index (χ3v) is 6.11. The summed E-state index contributed by atoms with van der Waals surface area (Å²) < 4.78 is 86.8. The van der Waals surface area contributed by atoms with Gasteiger partial charge in [-0.25, -0.2) is 0 Å². The Morgan fingerprint density at radius 3 is 2.39 bits per heavy atom. The second kappa shape index (κ2) is 11.9. The van der Waals surface area contributed by atoms with Crippen LogP contribution < -0.4 is 0 Å². The lowest BCUT2D eigenvalue weighted by Gasteiger charge is -2.26. The van der Waals surface area contributed by atoms with Crippen LogP contribution in [0.25, 0.3) is 17.0 Å². The number of allylic oxidation sites excluding steroid dienone is 4. The minimum Gasteiger partial charge on any atom is -0.378 e. The van der Waals surface area contributed by atoms with Crippen molar-refractivity contribution in [2.45, 2.75) is 39.2 Å². The van der Waals surface area contributed by atoms with Gasteiger partial charge in [0.25, 0.3) is 5.91 Å². The molecule has 0 saturated carbocycles. The molecule has 5 nitrogen and oxygen atoms in total. The summed E-state index contributed by atoms with van der Waals surface area (Å²) >= 11 is 0. The normalized spacial score (nSPS) is 18.8. The van der Waals surface area contributed by atoms with Crippen LogP contribution in [0.15, 0.2) is 59.3 Å².